The quantitative estimate of drug-likeness (QED) is 0.813. The molecule has 0 saturated carbocycles. The van der Waals surface area contributed by atoms with Crippen LogP contribution in [0.1, 0.15) is 22.3 Å². The van der Waals surface area contributed by atoms with Crippen molar-refractivity contribution < 1.29 is 13.2 Å². The zero-order chi connectivity index (χ0) is 19.2. The van der Waals surface area contributed by atoms with Crippen molar-refractivity contribution in [3.05, 3.63) is 52.6 Å². The molecule has 0 aliphatic carbocycles. The molecule has 0 bridgehead atoms. The van der Waals surface area contributed by atoms with E-state index in [4.69, 9.17) is 4.74 Å². The van der Waals surface area contributed by atoms with Crippen LogP contribution in [-0.4, -0.2) is 41.3 Å². The Hall–Kier alpha value is -2.05. The van der Waals surface area contributed by atoms with Gasteiger partial charge in [0.25, 0.3) is 10.0 Å². The molecule has 144 valence electrons. The summed E-state index contributed by atoms with van der Waals surface area (Å²) in [5, 5.41) is 0. The molecule has 0 atom stereocenters. The maximum atomic E-state index is 13.4. The van der Waals surface area contributed by atoms with Gasteiger partial charge in [-0.3, -0.25) is 4.31 Å². The van der Waals surface area contributed by atoms with E-state index in [1.165, 1.54) is 0 Å². The highest BCUT2D eigenvalue weighted by atomic mass is 32.2. The molecular weight excluding hydrogens is 360 g/mol. The normalized spacial score (nSPS) is 17.3. The third-order valence-electron chi connectivity index (χ3n) is 5.44. The molecule has 0 spiro atoms. The Kier molecular flexibility index (Phi) is 4.64. The Morgan fingerprint density at radius 3 is 2.26 bits per heavy atom. The number of ether oxygens (including phenoxy) is 1. The highest BCUT2D eigenvalue weighted by molar-refractivity contribution is 7.93. The molecule has 6 heteroatoms. The maximum absolute atomic E-state index is 13.4. The lowest BCUT2D eigenvalue weighted by atomic mass is 10.1. The SMILES string of the molecule is Cc1cc(C)c(S(=O)(=O)N2CCc3cc(N4CCOCC4)ccc32)c(C)c1. The average molecular weight is 387 g/mol. The summed E-state index contributed by atoms with van der Waals surface area (Å²) in [5.41, 5.74) is 5.77. The summed E-state index contributed by atoms with van der Waals surface area (Å²) in [4.78, 5) is 2.74. The summed E-state index contributed by atoms with van der Waals surface area (Å²) in [6.45, 7) is 9.49. The van der Waals surface area contributed by atoms with Crippen molar-refractivity contribution >= 4 is 21.4 Å². The van der Waals surface area contributed by atoms with Gasteiger partial charge in [-0.05, 0) is 62.1 Å². The van der Waals surface area contributed by atoms with Crippen LogP contribution in [0.2, 0.25) is 0 Å². The summed E-state index contributed by atoms with van der Waals surface area (Å²) >= 11 is 0. The van der Waals surface area contributed by atoms with Crippen molar-refractivity contribution in [2.75, 3.05) is 42.1 Å². The van der Waals surface area contributed by atoms with E-state index in [9.17, 15) is 8.42 Å². The van der Waals surface area contributed by atoms with Crippen molar-refractivity contribution in [3.63, 3.8) is 0 Å². The van der Waals surface area contributed by atoms with Gasteiger partial charge in [0, 0.05) is 25.3 Å². The molecule has 27 heavy (non-hydrogen) atoms. The summed E-state index contributed by atoms with van der Waals surface area (Å²) in [5.74, 6) is 0. The largest absolute Gasteiger partial charge is 0.378 e. The van der Waals surface area contributed by atoms with E-state index in [0.717, 1.165) is 66.4 Å². The van der Waals surface area contributed by atoms with E-state index in [0.29, 0.717) is 11.4 Å². The third-order valence-corrected chi connectivity index (χ3v) is 7.56. The van der Waals surface area contributed by atoms with Crippen molar-refractivity contribution in [3.8, 4) is 0 Å². The van der Waals surface area contributed by atoms with E-state index in [-0.39, 0.29) is 0 Å². The molecule has 2 aliphatic rings. The van der Waals surface area contributed by atoms with Crippen LogP contribution in [0, 0.1) is 20.8 Å². The second-order valence-corrected chi connectivity index (χ2v) is 9.27. The monoisotopic (exact) mass is 386 g/mol. The molecule has 2 heterocycles. The lowest BCUT2D eigenvalue weighted by Crippen LogP contribution is -2.36. The number of sulfonamides is 1. The summed E-state index contributed by atoms with van der Waals surface area (Å²) < 4.78 is 33.9. The van der Waals surface area contributed by atoms with E-state index < -0.39 is 10.0 Å². The zero-order valence-corrected chi connectivity index (χ0v) is 17.0. The van der Waals surface area contributed by atoms with E-state index in [1.54, 1.807) is 4.31 Å². The first-order chi connectivity index (χ1) is 12.9. The van der Waals surface area contributed by atoms with Gasteiger partial charge >= 0.3 is 0 Å². The molecule has 0 unspecified atom stereocenters. The minimum absolute atomic E-state index is 0.443. The molecule has 4 rings (SSSR count). The first kappa shape index (κ1) is 18.3. The molecule has 0 aromatic heterocycles. The molecule has 2 aromatic carbocycles. The van der Waals surface area contributed by atoms with Crippen LogP contribution in [-0.2, 0) is 21.2 Å². The van der Waals surface area contributed by atoms with Crippen LogP contribution >= 0.6 is 0 Å². The first-order valence-electron chi connectivity index (χ1n) is 9.44. The second-order valence-electron chi connectivity index (χ2n) is 7.47. The number of nitrogens with zero attached hydrogens (tertiary/aromatic N) is 2. The van der Waals surface area contributed by atoms with Gasteiger partial charge in [-0.15, -0.1) is 0 Å². The molecule has 2 aliphatic heterocycles. The summed E-state index contributed by atoms with van der Waals surface area (Å²) in [6, 6.07) is 10.0. The molecule has 0 radical (unpaired) electrons. The van der Waals surface area contributed by atoms with Crippen molar-refractivity contribution in [1.82, 2.24) is 0 Å². The Morgan fingerprint density at radius 1 is 0.926 bits per heavy atom. The minimum atomic E-state index is -3.57. The maximum Gasteiger partial charge on any atom is 0.264 e. The van der Waals surface area contributed by atoms with Crippen LogP contribution in [0.25, 0.3) is 0 Å². The van der Waals surface area contributed by atoms with Gasteiger partial charge in [0.15, 0.2) is 0 Å². The molecule has 2 aromatic rings. The number of fused-ring (bicyclic) bond motifs is 1. The van der Waals surface area contributed by atoms with Gasteiger partial charge < -0.3 is 9.64 Å². The van der Waals surface area contributed by atoms with Crippen molar-refractivity contribution in [2.45, 2.75) is 32.1 Å². The average Bonchev–Trinajstić information content (AvgIpc) is 3.05. The van der Waals surface area contributed by atoms with Gasteiger partial charge in [0.05, 0.1) is 23.8 Å². The number of benzene rings is 2. The predicted molar refractivity (Wildman–Crippen MR) is 108 cm³/mol. The molecule has 5 nitrogen and oxygen atoms in total. The van der Waals surface area contributed by atoms with E-state index >= 15 is 0 Å². The van der Waals surface area contributed by atoms with Gasteiger partial charge in [-0.2, -0.15) is 0 Å². The fraction of sp³-hybridized carbons (Fsp3) is 0.429. The van der Waals surface area contributed by atoms with E-state index in [2.05, 4.69) is 11.0 Å². The van der Waals surface area contributed by atoms with Crippen LogP contribution in [0.4, 0.5) is 11.4 Å². The topological polar surface area (TPSA) is 49.9 Å². The zero-order valence-electron chi connectivity index (χ0n) is 16.2. The molecule has 0 N–H and O–H groups in total. The lowest BCUT2D eigenvalue weighted by molar-refractivity contribution is 0.122. The summed E-state index contributed by atoms with van der Waals surface area (Å²) in [6.07, 6.45) is 0.747. The van der Waals surface area contributed by atoms with Crippen LogP contribution in [0.5, 0.6) is 0 Å². The molecule has 1 saturated heterocycles. The number of rotatable bonds is 3. The summed E-state index contributed by atoms with van der Waals surface area (Å²) in [7, 11) is -3.57. The number of morpholine rings is 1. The molecule has 1 fully saturated rings. The lowest BCUT2D eigenvalue weighted by Gasteiger charge is -2.29. The Labute approximate surface area is 161 Å². The van der Waals surface area contributed by atoms with Gasteiger partial charge in [-0.1, -0.05) is 17.7 Å². The van der Waals surface area contributed by atoms with Crippen molar-refractivity contribution in [2.24, 2.45) is 0 Å². The standard InChI is InChI=1S/C21H26N2O3S/c1-15-12-16(2)21(17(3)13-15)27(24,25)23-7-6-18-14-19(4-5-20(18)23)22-8-10-26-11-9-22/h4-5,12-14H,6-11H2,1-3H3. The fourth-order valence-electron chi connectivity index (χ4n) is 4.31. The van der Waals surface area contributed by atoms with Crippen LogP contribution in [0.15, 0.2) is 35.2 Å². The Morgan fingerprint density at radius 2 is 1.59 bits per heavy atom. The van der Waals surface area contributed by atoms with Crippen LogP contribution < -0.4 is 9.21 Å². The number of hydrogen-bond donors (Lipinski definition) is 0. The number of aryl methyl sites for hydroxylation is 3. The van der Waals surface area contributed by atoms with Gasteiger partial charge in [0.1, 0.15) is 0 Å². The second kappa shape index (κ2) is 6.84. The van der Waals surface area contributed by atoms with Crippen LogP contribution in [0.3, 0.4) is 0 Å². The molecular formula is C21H26N2O3S. The number of anilines is 2. The number of hydrogen-bond acceptors (Lipinski definition) is 4. The van der Waals surface area contributed by atoms with Gasteiger partial charge in [0.2, 0.25) is 0 Å². The smallest absolute Gasteiger partial charge is 0.264 e. The van der Waals surface area contributed by atoms with Crippen molar-refractivity contribution in [1.29, 1.82) is 0 Å². The first-order valence-corrected chi connectivity index (χ1v) is 10.9. The minimum Gasteiger partial charge on any atom is -0.378 e. The highest BCUT2D eigenvalue weighted by Gasteiger charge is 2.33. The third kappa shape index (κ3) is 3.21. The Bertz CT molecular complexity index is 956. The predicted octanol–water partition coefficient (Wildman–Crippen LogP) is 3.20. The van der Waals surface area contributed by atoms with Gasteiger partial charge in [-0.25, -0.2) is 8.42 Å². The Balaban J connectivity index is 1.70. The fourth-order valence-corrected chi connectivity index (χ4v) is 6.23. The molecule has 0 amide bonds. The van der Waals surface area contributed by atoms with E-state index in [1.807, 2.05) is 45.0 Å². The highest BCUT2D eigenvalue weighted by Crippen LogP contribution is 2.37.